The molecular formula is C42H78O9. The third-order valence-electron chi connectivity index (χ3n) is 9.62. The highest BCUT2D eigenvalue weighted by Crippen LogP contribution is 2.22. The van der Waals surface area contributed by atoms with Crippen molar-refractivity contribution in [1.29, 1.82) is 0 Å². The Bertz CT molecular complexity index is 833. The molecule has 1 saturated heterocycles. The van der Waals surface area contributed by atoms with Crippen molar-refractivity contribution in [3.8, 4) is 0 Å². The van der Waals surface area contributed by atoms with Crippen LogP contribution in [-0.4, -0.2) is 89.6 Å². The van der Waals surface area contributed by atoms with Crippen LogP contribution in [0.25, 0.3) is 0 Å². The Hall–Kier alpha value is -1.33. The van der Waals surface area contributed by atoms with Crippen molar-refractivity contribution in [2.24, 2.45) is 0 Å². The number of ether oxygens (including phenoxy) is 4. The zero-order chi connectivity index (χ0) is 37.2. The molecule has 1 aliphatic heterocycles. The lowest BCUT2D eigenvalue weighted by Gasteiger charge is -2.39. The average Bonchev–Trinajstić information content (AvgIpc) is 3.13. The summed E-state index contributed by atoms with van der Waals surface area (Å²) in [5.74, 6) is -0.318. The van der Waals surface area contributed by atoms with Gasteiger partial charge in [0.25, 0.3) is 0 Å². The molecule has 0 aromatic rings. The van der Waals surface area contributed by atoms with E-state index in [-0.39, 0.29) is 19.2 Å². The van der Waals surface area contributed by atoms with Crippen LogP contribution < -0.4 is 0 Å². The predicted molar refractivity (Wildman–Crippen MR) is 205 cm³/mol. The van der Waals surface area contributed by atoms with Crippen LogP contribution in [0.5, 0.6) is 0 Å². The molecule has 0 saturated carbocycles. The standard InChI is InChI=1S/C42H78O9/c1-3-5-7-9-11-13-15-17-18-19-20-22-24-26-28-30-32-48-34-36(35-49-42-41(47)40(46)39(45)37(33-43)51-42)50-38(44)31-29-27-25-23-21-16-14-12-10-8-6-4-2/h11,13,17-18,36-37,39-43,45-47H,3-10,12,14-16,19-35H2,1-2H3/b13-11-,18-17-. The first-order chi connectivity index (χ1) is 24.9. The Labute approximate surface area is 311 Å². The van der Waals surface area contributed by atoms with Gasteiger partial charge in [-0.3, -0.25) is 4.79 Å². The van der Waals surface area contributed by atoms with Crippen molar-refractivity contribution in [3.05, 3.63) is 24.3 Å². The molecular weight excluding hydrogens is 648 g/mol. The number of aliphatic hydroxyl groups excluding tert-OH is 4. The second-order valence-corrected chi connectivity index (χ2v) is 14.4. The number of hydrogen-bond acceptors (Lipinski definition) is 9. The number of hydrogen-bond donors (Lipinski definition) is 4. The topological polar surface area (TPSA) is 135 Å². The van der Waals surface area contributed by atoms with E-state index in [0.29, 0.717) is 13.0 Å². The third kappa shape index (κ3) is 26.1. The van der Waals surface area contributed by atoms with Gasteiger partial charge in [0, 0.05) is 13.0 Å². The fourth-order valence-corrected chi connectivity index (χ4v) is 6.29. The number of carbonyl (C=O) groups is 1. The highest BCUT2D eigenvalue weighted by molar-refractivity contribution is 5.69. The molecule has 1 heterocycles. The molecule has 300 valence electrons. The quantitative estimate of drug-likeness (QED) is 0.0288. The van der Waals surface area contributed by atoms with Crippen molar-refractivity contribution in [2.75, 3.05) is 26.4 Å². The minimum absolute atomic E-state index is 0.115. The molecule has 1 aliphatic rings. The van der Waals surface area contributed by atoms with Crippen LogP contribution in [0.4, 0.5) is 0 Å². The lowest BCUT2D eigenvalue weighted by atomic mass is 9.99. The van der Waals surface area contributed by atoms with Gasteiger partial charge in [-0.25, -0.2) is 0 Å². The lowest BCUT2D eigenvalue weighted by Crippen LogP contribution is -2.59. The van der Waals surface area contributed by atoms with Crippen LogP contribution in [0.3, 0.4) is 0 Å². The molecule has 0 bridgehead atoms. The van der Waals surface area contributed by atoms with Gasteiger partial charge in [-0.2, -0.15) is 0 Å². The number of allylic oxidation sites excluding steroid dienone is 4. The molecule has 1 fully saturated rings. The molecule has 6 atom stereocenters. The molecule has 0 radical (unpaired) electrons. The highest BCUT2D eigenvalue weighted by atomic mass is 16.7. The number of rotatable bonds is 35. The zero-order valence-corrected chi connectivity index (χ0v) is 32.6. The van der Waals surface area contributed by atoms with Gasteiger partial charge >= 0.3 is 5.97 Å². The van der Waals surface area contributed by atoms with Crippen LogP contribution in [0.1, 0.15) is 174 Å². The fourth-order valence-electron chi connectivity index (χ4n) is 6.29. The summed E-state index contributed by atoms with van der Waals surface area (Å²) in [5.41, 5.74) is 0. The van der Waals surface area contributed by atoms with E-state index in [1.807, 2.05) is 0 Å². The van der Waals surface area contributed by atoms with Crippen molar-refractivity contribution in [2.45, 2.75) is 211 Å². The summed E-state index contributed by atoms with van der Waals surface area (Å²) in [6.45, 7) is 4.51. The summed E-state index contributed by atoms with van der Waals surface area (Å²) in [5, 5.41) is 40.0. The monoisotopic (exact) mass is 727 g/mol. The lowest BCUT2D eigenvalue weighted by molar-refractivity contribution is -0.305. The molecule has 6 unspecified atom stereocenters. The Morgan fingerprint density at radius 3 is 1.73 bits per heavy atom. The summed E-state index contributed by atoms with van der Waals surface area (Å²) in [4.78, 5) is 12.7. The average molecular weight is 727 g/mol. The first-order valence-corrected chi connectivity index (χ1v) is 20.9. The summed E-state index contributed by atoms with van der Waals surface area (Å²) >= 11 is 0. The SMILES string of the molecule is CCCCC/C=C\C/C=C\CCCCCCCCOCC(COC1OC(CO)C(O)C(O)C1O)OC(=O)CCCCCCCCCCCCCC. The highest BCUT2D eigenvalue weighted by Gasteiger charge is 2.44. The summed E-state index contributed by atoms with van der Waals surface area (Å²) in [6.07, 6.45) is 30.5. The minimum atomic E-state index is -1.53. The van der Waals surface area contributed by atoms with Crippen LogP contribution in [-0.2, 0) is 23.7 Å². The van der Waals surface area contributed by atoms with E-state index in [1.54, 1.807) is 0 Å². The van der Waals surface area contributed by atoms with E-state index in [0.717, 1.165) is 51.4 Å². The second kappa shape index (κ2) is 34.4. The molecule has 0 aliphatic carbocycles. The van der Waals surface area contributed by atoms with E-state index in [2.05, 4.69) is 38.2 Å². The van der Waals surface area contributed by atoms with Crippen molar-refractivity contribution < 1.29 is 44.2 Å². The first kappa shape index (κ1) is 47.7. The normalized spacial score (nSPS) is 21.6. The molecule has 9 heteroatoms. The fraction of sp³-hybridized carbons (Fsp3) is 0.881. The van der Waals surface area contributed by atoms with E-state index < -0.39 is 43.4 Å². The largest absolute Gasteiger partial charge is 0.457 e. The Morgan fingerprint density at radius 1 is 0.627 bits per heavy atom. The number of aliphatic hydroxyl groups is 4. The van der Waals surface area contributed by atoms with E-state index in [9.17, 15) is 25.2 Å². The number of esters is 1. The molecule has 0 amide bonds. The van der Waals surface area contributed by atoms with E-state index in [1.165, 1.54) is 103 Å². The van der Waals surface area contributed by atoms with Gasteiger partial charge in [0.1, 0.15) is 30.5 Å². The minimum Gasteiger partial charge on any atom is -0.457 e. The maximum Gasteiger partial charge on any atom is 0.306 e. The molecule has 1 rings (SSSR count). The van der Waals surface area contributed by atoms with Gasteiger partial charge in [-0.15, -0.1) is 0 Å². The van der Waals surface area contributed by atoms with Crippen molar-refractivity contribution >= 4 is 5.97 Å². The molecule has 0 aromatic heterocycles. The third-order valence-corrected chi connectivity index (χ3v) is 9.62. The Kier molecular flexibility index (Phi) is 32.2. The van der Waals surface area contributed by atoms with Crippen LogP contribution >= 0.6 is 0 Å². The molecule has 0 spiro atoms. The molecule has 9 nitrogen and oxygen atoms in total. The molecule has 51 heavy (non-hydrogen) atoms. The number of carbonyl (C=O) groups excluding carboxylic acids is 1. The van der Waals surface area contributed by atoms with Gasteiger partial charge in [0.15, 0.2) is 6.29 Å². The Morgan fingerprint density at radius 2 is 1.14 bits per heavy atom. The molecule has 0 aromatic carbocycles. The van der Waals surface area contributed by atoms with Gasteiger partial charge in [0.05, 0.1) is 19.8 Å². The maximum atomic E-state index is 12.7. The summed E-state index contributed by atoms with van der Waals surface area (Å²) in [7, 11) is 0. The van der Waals surface area contributed by atoms with Gasteiger partial charge in [-0.1, -0.05) is 147 Å². The maximum absolute atomic E-state index is 12.7. The predicted octanol–water partition coefficient (Wildman–Crippen LogP) is 8.64. The molecule has 4 N–H and O–H groups in total. The van der Waals surface area contributed by atoms with E-state index in [4.69, 9.17) is 18.9 Å². The summed E-state index contributed by atoms with van der Waals surface area (Å²) in [6, 6.07) is 0. The first-order valence-electron chi connectivity index (χ1n) is 20.9. The van der Waals surface area contributed by atoms with Gasteiger partial charge < -0.3 is 39.4 Å². The zero-order valence-electron chi connectivity index (χ0n) is 32.6. The van der Waals surface area contributed by atoms with Crippen LogP contribution in [0.2, 0.25) is 0 Å². The van der Waals surface area contributed by atoms with Gasteiger partial charge in [-0.05, 0) is 44.9 Å². The van der Waals surface area contributed by atoms with Crippen LogP contribution in [0, 0.1) is 0 Å². The van der Waals surface area contributed by atoms with E-state index >= 15 is 0 Å². The van der Waals surface area contributed by atoms with Crippen LogP contribution in [0.15, 0.2) is 24.3 Å². The summed E-state index contributed by atoms with van der Waals surface area (Å²) < 4.78 is 22.7. The second-order valence-electron chi connectivity index (χ2n) is 14.4. The van der Waals surface area contributed by atoms with Crippen molar-refractivity contribution in [3.63, 3.8) is 0 Å². The smallest absolute Gasteiger partial charge is 0.306 e. The van der Waals surface area contributed by atoms with Crippen molar-refractivity contribution in [1.82, 2.24) is 0 Å². The number of unbranched alkanes of at least 4 members (excludes halogenated alkanes) is 20. The van der Waals surface area contributed by atoms with Gasteiger partial charge in [0.2, 0.25) is 0 Å². The Balaban J connectivity index is 2.30.